The fourth-order valence-electron chi connectivity index (χ4n) is 11.4. The maximum absolute atomic E-state index is 15.2. The number of primary amides is 1. The molecule has 1 aliphatic rings. The summed E-state index contributed by atoms with van der Waals surface area (Å²) in [5, 5.41) is 64.2. The van der Waals surface area contributed by atoms with Crippen molar-refractivity contribution in [1.29, 1.82) is 0 Å². The molecule has 592 valence electrons. The predicted molar refractivity (Wildman–Crippen MR) is 411 cm³/mol. The first-order chi connectivity index (χ1) is 52.0. The minimum atomic E-state index is -1.76. The Hall–Kier alpha value is -10.1. The van der Waals surface area contributed by atoms with E-state index in [4.69, 9.17) is 16.2 Å². The average Bonchev–Trinajstić information content (AvgIpc) is 1.74. The zero-order valence-corrected chi connectivity index (χ0v) is 63.5. The Morgan fingerprint density at radius 3 is 1.87 bits per heavy atom. The molecule has 1 aliphatic heterocycles. The summed E-state index contributed by atoms with van der Waals surface area (Å²) in [6, 6.07) is 15.4. The van der Waals surface area contributed by atoms with Crippen LogP contribution in [0, 0.1) is 11.8 Å². The van der Waals surface area contributed by atoms with Gasteiger partial charge in [0.05, 0.1) is 24.9 Å². The van der Waals surface area contributed by atoms with Crippen LogP contribution in [0.5, 0.6) is 0 Å². The zero-order valence-electron chi connectivity index (χ0n) is 61.9. The summed E-state index contributed by atoms with van der Waals surface area (Å²) >= 11 is 0. The van der Waals surface area contributed by atoms with E-state index >= 15 is 9.59 Å². The van der Waals surface area contributed by atoms with Crippen LogP contribution >= 0.6 is 21.6 Å². The quantitative estimate of drug-likeness (QED) is 0.0203. The van der Waals surface area contributed by atoms with Crippen LogP contribution in [0.4, 0.5) is 15.3 Å². The van der Waals surface area contributed by atoms with Gasteiger partial charge in [-0.05, 0) is 98.9 Å². The molecule has 0 bridgehead atoms. The first-order valence-corrected chi connectivity index (χ1v) is 38.7. The Kier molecular flexibility index (Phi) is 36.2. The lowest BCUT2D eigenvalue weighted by molar-refractivity contribution is -0.136. The lowest BCUT2D eigenvalue weighted by Crippen LogP contribution is -2.62. The van der Waals surface area contributed by atoms with Gasteiger partial charge in [0.2, 0.25) is 59.1 Å². The predicted octanol–water partition coefficient (Wildman–Crippen LogP) is 1.18. The number of aliphatic hydroxyl groups is 3. The summed E-state index contributed by atoms with van der Waals surface area (Å²) in [5.74, 6) is -9.80. The van der Waals surface area contributed by atoms with Gasteiger partial charge < -0.3 is 100 Å². The smallest absolute Gasteiger partial charge is 0.408 e. The molecule has 0 saturated carbocycles. The van der Waals surface area contributed by atoms with E-state index in [9.17, 15) is 68.1 Å². The number of unbranched alkanes of at least 4 members (excludes halogenated alkanes) is 1. The van der Waals surface area contributed by atoms with E-state index in [2.05, 4.69) is 68.8 Å². The van der Waals surface area contributed by atoms with Crippen molar-refractivity contribution >= 4 is 115 Å². The molecule has 1 fully saturated rings. The van der Waals surface area contributed by atoms with Gasteiger partial charge in [0.1, 0.15) is 66.8 Å². The van der Waals surface area contributed by atoms with Crippen LogP contribution in [0.2, 0.25) is 0 Å². The number of para-hydroxylation sites is 1. The molecule has 13 amide bonds. The average molecular weight is 1550 g/mol. The van der Waals surface area contributed by atoms with E-state index < -0.39 is 156 Å². The minimum absolute atomic E-state index is 0.0169. The van der Waals surface area contributed by atoms with Crippen molar-refractivity contribution in [2.45, 2.75) is 185 Å². The summed E-state index contributed by atoms with van der Waals surface area (Å²) < 4.78 is 5.65. The number of benzene rings is 4. The number of aromatic nitrogens is 1. The Bertz CT molecular complexity index is 3870. The number of ether oxygens (including phenoxy) is 1. The van der Waals surface area contributed by atoms with Crippen LogP contribution in [0.25, 0.3) is 10.9 Å². The number of carbonyl (C=O) groups is 13. The molecule has 0 spiro atoms. The highest BCUT2D eigenvalue weighted by atomic mass is 33.1. The third-order valence-corrected chi connectivity index (χ3v) is 20.2. The Morgan fingerprint density at radius 1 is 0.615 bits per heavy atom. The number of H-pyrrole nitrogens is 1. The Morgan fingerprint density at radius 2 is 1.24 bits per heavy atom. The molecule has 32 nitrogen and oxygen atoms in total. The van der Waals surface area contributed by atoms with Gasteiger partial charge in [0.15, 0.2) is 0 Å². The van der Waals surface area contributed by atoms with Crippen LogP contribution in [0.1, 0.15) is 109 Å². The second kappa shape index (κ2) is 45.0. The monoisotopic (exact) mass is 1550 g/mol. The Labute approximate surface area is 640 Å². The summed E-state index contributed by atoms with van der Waals surface area (Å²) in [5.41, 5.74) is 14.2. The van der Waals surface area contributed by atoms with E-state index in [-0.39, 0.29) is 100.0 Å². The van der Waals surface area contributed by atoms with Crippen molar-refractivity contribution < 1.29 is 82.4 Å². The molecule has 1 saturated heterocycles. The van der Waals surface area contributed by atoms with Gasteiger partial charge in [-0.25, -0.2) is 9.59 Å². The molecule has 0 aliphatic carbocycles. The van der Waals surface area contributed by atoms with Gasteiger partial charge in [-0.15, -0.1) is 0 Å². The van der Waals surface area contributed by atoms with Crippen LogP contribution in [-0.2, 0) is 83.3 Å². The van der Waals surface area contributed by atoms with Crippen molar-refractivity contribution in [1.82, 2.24) is 63.5 Å². The highest BCUT2D eigenvalue weighted by molar-refractivity contribution is 8.76. The lowest BCUT2D eigenvalue weighted by Gasteiger charge is -2.29. The SMILES string of the molecule is CC(C)C(=O)CCC(=O)N[C@H](C(=O)N[C@@H](CCCNC(N)=O)C(=O)Nc1ccc(COC(=O)N[C@H](Cc2ccccc2)C(=O)N[C@H]2CSSC[C@@H](C(=O)N[C@H](CO)[C@@H](C)O)NC(=O)C([C@@H](C)O)NC(=O)[C@H](CCCCN)NC(=O)[C@@H](Cc3c[nH]c4ccccc34)NC(=O)[C@H](Cc3ccccc3)NC2=O)cc1)C(C)C. The maximum Gasteiger partial charge on any atom is 0.408 e. The topological polar surface area (TPSA) is 504 Å². The van der Waals surface area contributed by atoms with Crippen molar-refractivity contribution in [2.75, 3.05) is 36.5 Å². The number of Topliss-reactive ketones (excluding diaryl/α,β-unsaturated/α-hetero) is 1. The van der Waals surface area contributed by atoms with Gasteiger partial charge in [-0.3, -0.25) is 52.7 Å². The molecule has 109 heavy (non-hydrogen) atoms. The van der Waals surface area contributed by atoms with Crippen LogP contribution < -0.4 is 75.3 Å². The van der Waals surface area contributed by atoms with E-state index in [0.29, 0.717) is 46.0 Å². The second-order valence-electron chi connectivity index (χ2n) is 27.2. The minimum Gasteiger partial charge on any atom is -0.445 e. The highest BCUT2D eigenvalue weighted by Crippen LogP contribution is 2.25. The third kappa shape index (κ3) is 29.4. The van der Waals surface area contributed by atoms with Gasteiger partial charge in [-0.2, -0.15) is 0 Å². The van der Waals surface area contributed by atoms with Gasteiger partial charge in [-0.1, -0.05) is 140 Å². The largest absolute Gasteiger partial charge is 0.445 e. The fourth-order valence-corrected chi connectivity index (χ4v) is 13.7. The number of rotatable bonds is 34. The first-order valence-electron chi connectivity index (χ1n) is 36.2. The number of hydrogen-bond acceptors (Lipinski definition) is 20. The van der Waals surface area contributed by atoms with Crippen molar-refractivity contribution in [3.8, 4) is 0 Å². The molecule has 20 N–H and O–H groups in total. The normalized spacial score (nSPS) is 19.3. The number of amides is 13. The number of fused-ring (bicyclic) bond motifs is 1. The number of nitrogens with two attached hydrogens (primary N) is 2. The number of nitrogens with one attached hydrogen (secondary N) is 13. The highest BCUT2D eigenvalue weighted by Gasteiger charge is 2.38. The van der Waals surface area contributed by atoms with Gasteiger partial charge >= 0.3 is 12.1 Å². The molecule has 0 radical (unpaired) electrons. The molecule has 5 aromatic rings. The molecular formula is C75H103N15O17S2. The number of alkyl carbamates (subject to hydrolysis) is 1. The van der Waals surface area contributed by atoms with Crippen LogP contribution in [0.15, 0.2) is 115 Å². The first kappa shape index (κ1) is 87.8. The van der Waals surface area contributed by atoms with E-state index in [0.717, 1.165) is 21.6 Å². The number of urea groups is 1. The summed E-state index contributed by atoms with van der Waals surface area (Å²) in [6.45, 7) is 8.56. The molecule has 4 aromatic carbocycles. The van der Waals surface area contributed by atoms with Gasteiger partial charge in [0, 0.05) is 78.9 Å². The molecule has 1 unspecified atom stereocenters. The number of aliphatic hydroxyl groups excluding tert-OH is 3. The van der Waals surface area contributed by atoms with E-state index in [1.54, 1.807) is 107 Å². The Balaban J connectivity index is 1.29. The third-order valence-electron chi connectivity index (χ3n) is 17.8. The summed E-state index contributed by atoms with van der Waals surface area (Å²) in [4.78, 5) is 185. The van der Waals surface area contributed by atoms with Crippen molar-refractivity contribution in [2.24, 2.45) is 23.3 Å². The van der Waals surface area contributed by atoms with Crippen LogP contribution in [-0.4, -0.2) is 201 Å². The molecule has 2 heterocycles. The molecule has 1 aromatic heterocycles. The molecule has 12 atom stereocenters. The van der Waals surface area contributed by atoms with Crippen LogP contribution in [0.3, 0.4) is 0 Å². The zero-order chi connectivity index (χ0) is 79.7. The van der Waals surface area contributed by atoms with E-state index in [1.807, 2.05) is 12.1 Å². The number of hydrogen-bond donors (Lipinski definition) is 18. The van der Waals surface area contributed by atoms with Crippen molar-refractivity contribution in [3.63, 3.8) is 0 Å². The molecular weight excluding hydrogens is 1450 g/mol. The summed E-state index contributed by atoms with van der Waals surface area (Å²) in [7, 11) is 1.85. The van der Waals surface area contributed by atoms with Gasteiger partial charge in [0.25, 0.3) is 0 Å². The molecule has 6 rings (SSSR count). The summed E-state index contributed by atoms with van der Waals surface area (Å²) in [6.07, 6.45) is -2.09. The number of ketones is 1. The number of anilines is 1. The van der Waals surface area contributed by atoms with E-state index in [1.165, 1.54) is 38.1 Å². The lowest BCUT2D eigenvalue weighted by atomic mass is 10.0. The molecule has 34 heteroatoms. The number of carbonyl (C=O) groups excluding carboxylic acids is 13. The standard InChI is InChI=1S/C75H103N15O17S2/c1-42(2)61(94)30-31-62(95)89-63(43(3)4)72(103)82-54(25-17-33-78-74(77)105)65(96)80-50-28-26-48(27-29-50)39-107-75(106)88-56(35-47-20-11-8-12-21-47)68(99)86-59-40-108-109-41-60(71(102)85-58(38-91)44(5)92)87-73(104)64(45(6)93)90-66(97)53(24-15-16-32-76)81-69(100)57(36-49-37-79-52-23-14-13-22-51(49)52)84-67(98)55(83-70(59)101)34-46-18-9-7-10-19-46/h7-14,18-23,26-29,37,42-45,53-60,63-64,79,91-93H,15-17,24-25,30-36,38-41,76H2,1-6H3,(H,80,96)(H,81,100)(H,82,103)(H,83,101)(H,84,98)(H,85,102)(H,86,99)(H,87,104)(H,88,106)(H,89,95)(H,90,97)(H3,77,78,105)/t44-,45-,53+,54+,55+,56-,57-,58-,59+,60+,63+,64?/m1/s1. The second-order valence-corrected chi connectivity index (χ2v) is 29.8. The number of aromatic amines is 1. The maximum atomic E-state index is 15.2. The van der Waals surface area contributed by atoms with Crippen molar-refractivity contribution in [3.05, 3.63) is 138 Å². The fraction of sp³-hybridized carbons (Fsp3) is 0.480.